The number of rotatable bonds is 8. The molecule has 3 amide bonds. The van der Waals surface area contributed by atoms with Crippen molar-refractivity contribution < 1.29 is 54.8 Å². The molecule has 1 saturated carbocycles. The Morgan fingerprint density at radius 3 is 2.49 bits per heavy atom. The number of nitrogens with one attached hydrogen (secondary N) is 2. The van der Waals surface area contributed by atoms with Crippen LogP contribution in [0.3, 0.4) is 0 Å². The number of halogens is 6. The maximum Gasteiger partial charge on any atom is 0.522 e. The summed E-state index contributed by atoms with van der Waals surface area (Å²) in [5, 5.41) is 8.17. The smallest absolute Gasteiger partial charge is 0.356 e. The number of nitrogens with zero attached hydrogens (tertiary/aromatic N) is 2. The van der Waals surface area contributed by atoms with Gasteiger partial charge in [-0.15, -0.1) is 13.2 Å². The van der Waals surface area contributed by atoms with Crippen LogP contribution in [-0.2, 0) is 25.3 Å². The lowest BCUT2D eigenvalue weighted by Gasteiger charge is -2.31. The lowest BCUT2D eigenvalue weighted by atomic mass is 9.78. The number of carbonyl (C=O) groups is 4. The highest BCUT2D eigenvalue weighted by molar-refractivity contribution is 5.98. The fraction of sp³-hybridized carbons (Fsp3) is 0.696. The van der Waals surface area contributed by atoms with Crippen LogP contribution in [0.2, 0.25) is 0 Å². The van der Waals surface area contributed by atoms with Crippen molar-refractivity contribution in [2.75, 3.05) is 19.7 Å². The number of carbonyl (C=O) groups excluding carboxylic acids is 4. The molecule has 0 spiro atoms. The van der Waals surface area contributed by atoms with E-state index < -0.39 is 78.0 Å². The maximum atomic E-state index is 13.5. The van der Waals surface area contributed by atoms with Gasteiger partial charge in [0.2, 0.25) is 17.6 Å². The second-order valence-electron chi connectivity index (χ2n) is 9.96. The molecule has 1 aliphatic carbocycles. The van der Waals surface area contributed by atoms with Gasteiger partial charge in [0.15, 0.2) is 11.5 Å². The molecule has 216 valence electrons. The van der Waals surface area contributed by atoms with Gasteiger partial charge < -0.3 is 20.1 Å². The van der Waals surface area contributed by atoms with Crippen LogP contribution in [0.25, 0.3) is 0 Å². The average Bonchev–Trinajstić information content (AvgIpc) is 3.59. The lowest BCUT2D eigenvalue weighted by Crippen LogP contribution is -2.54. The largest absolute Gasteiger partial charge is 0.522 e. The normalized spacial score (nSPS) is 26.2. The van der Waals surface area contributed by atoms with Gasteiger partial charge in [-0.05, 0) is 37.5 Å². The van der Waals surface area contributed by atoms with Gasteiger partial charge in [-0.25, -0.2) is 0 Å². The fourth-order valence-electron chi connectivity index (χ4n) is 5.61. The third-order valence-corrected chi connectivity index (χ3v) is 7.44. The van der Waals surface area contributed by atoms with Crippen LogP contribution in [0.15, 0.2) is 10.6 Å². The van der Waals surface area contributed by atoms with Crippen LogP contribution in [0, 0.1) is 17.8 Å². The van der Waals surface area contributed by atoms with E-state index in [0.717, 1.165) is 17.7 Å². The highest BCUT2D eigenvalue weighted by Gasteiger charge is 2.50. The Kier molecular flexibility index (Phi) is 8.23. The Morgan fingerprint density at radius 1 is 1.15 bits per heavy atom. The third kappa shape index (κ3) is 6.70. The average molecular weight is 568 g/mol. The molecular formula is C23H26F6N4O6. The topological polar surface area (TPSA) is 131 Å². The second kappa shape index (κ2) is 11.1. The molecule has 0 bridgehead atoms. The molecule has 5 atom stereocenters. The summed E-state index contributed by atoms with van der Waals surface area (Å²) in [5.41, 5.74) is -0.660. The molecule has 3 heterocycles. The van der Waals surface area contributed by atoms with Crippen molar-refractivity contribution in [3.05, 3.63) is 17.5 Å². The van der Waals surface area contributed by atoms with Crippen LogP contribution >= 0.6 is 0 Å². The standard InChI is InChI=1S/C23H26F6N4O6/c24-22(25,26)17-8-15(32-39-17)21(37)33-9-12-3-1-2-4-13(12)18(33)20(36)31-14(7-11-5-6-30-19(11)35)16(34)10-38-23(27,28)29/h8,11-14,18H,1-7,9-10H2,(H,30,35)(H,31,36)/t11-,12-,13-,14-,18-/m0/s1. The molecule has 0 unspecified atom stereocenters. The van der Waals surface area contributed by atoms with Crippen molar-refractivity contribution in [1.29, 1.82) is 0 Å². The Morgan fingerprint density at radius 2 is 1.87 bits per heavy atom. The van der Waals surface area contributed by atoms with Crippen molar-refractivity contribution in [2.45, 2.75) is 63.1 Å². The van der Waals surface area contributed by atoms with Crippen LogP contribution in [-0.4, -0.2) is 71.7 Å². The molecule has 2 aliphatic heterocycles. The van der Waals surface area contributed by atoms with Gasteiger partial charge in [-0.2, -0.15) is 13.2 Å². The molecule has 1 aromatic heterocycles. The number of ketones is 1. The molecule has 10 nitrogen and oxygen atoms in total. The van der Waals surface area contributed by atoms with Crippen LogP contribution in [0.5, 0.6) is 0 Å². The number of Topliss-reactive ketones (excluding diaryl/α,β-unsaturated/α-hetero) is 1. The van der Waals surface area contributed by atoms with Crippen LogP contribution < -0.4 is 10.6 Å². The fourth-order valence-corrected chi connectivity index (χ4v) is 5.61. The zero-order valence-electron chi connectivity index (χ0n) is 20.4. The van der Waals surface area contributed by atoms with E-state index in [1.165, 1.54) is 0 Å². The van der Waals surface area contributed by atoms with E-state index in [4.69, 9.17) is 0 Å². The number of likely N-dealkylation sites (tertiary alicyclic amines) is 1. The van der Waals surface area contributed by atoms with Gasteiger partial charge in [-0.3, -0.25) is 23.9 Å². The maximum absolute atomic E-state index is 13.5. The molecule has 0 aromatic carbocycles. The highest BCUT2D eigenvalue weighted by Crippen LogP contribution is 2.41. The van der Waals surface area contributed by atoms with Crippen LogP contribution in [0.4, 0.5) is 26.3 Å². The summed E-state index contributed by atoms with van der Waals surface area (Å²) in [7, 11) is 0. The monoisotopic (exact) mass is 568 g/mol. The predicted molar refractivity (Wildman–Crippen MR) is 116 cm³/mol. The molecule has 4 rings (SSSR count). The van der Waals surface area contributed by atoms with E-state index >= 15 is 0 Å². The van der Waals surface area contributed by atoms with Crippen molar-refractivity contribution >= 4 is 23.5 Å². The first kappa shape index (κ1) is 28.8. The van der Waals surface area contributed by atoms with Gasteiger partial charge >= 0.3 is 12.5 Å². The number of alkyl halides is 6. The summed E-state index contributed by atoms with van der Waals surface area (Å²) >= 11 is 0. The number of hydrogen-bond acceptors (Lipinski definition) is 7. The molecule has 3 fully saturated rings. The molecule has 0 radical (unpaired) electrons. The van der Waals surface area contributed by atoms with E-state index in [9.17, 15) is 45.5 Å². The van der Waals surface area contributed by atoms with Crippen molar-refractivity contribution in [3.8, 4) is 0 Å². The van der Waals surface area contributed by atoms with Crippen molar-refractivity contribution in [3.63, 3.8) is 0 Å². The Labute approximate surface area is 217 Å². The minimum absolute atomic E-state index is 0.0383. The number of amides is 3. The molecule has 2 saturated heterocycles. The first-order valence-corrected chi connectivity index (χ1v) is 12.4. The first-order valence-electron chi connectivity index (χ1n) is 12.4. The summed E-state index contributed by atoms with van der Waals surface area (Å²) in [6.45, 7) is -1.07. The van der Waals surface area contributed by atoms with Gasteiger partial charge in [-0.1, -0.05) is 18.0 Å². The van der Waals surface area contributed by atoms with E-state index in [-0.39, 0.29) is 18.9 Å². The zero-order chi connectivity index (χ0) is 28.5. The number of hydrogen-bond donors (Lipinski definition) is 2. The number of aromatic nitrogens is 1. The molecular weight excluding hydrogens is 542 g/mol. The summed E-state index contributed by atoms with van der Waals surface area (Å²) in [4.78, 5) is 52.5. The predicted octanol–water partition coefficient (Wildman–Crippen LogP) is 2.44. The molecule has 3 aliphatic rings. The van der Waals surface area contributed by atoms with E-state index in [0.29, 0.717) is 31.9 Å². The summed E-state index contributed by atoms with van der Waals surface area (Å²) in [5.74, 6) is -6.18. The first-order chi connectivity index (χ1) is 18.2. The minimum Gasteiger partial charge on any atom is -0.356 e. The molecule has 39 heavy (non-hydrogen) atoms. The Hall–Kier alpha value is -3.17. The Bertz CT molecular complexity index is 1110. The highest BCUT2D eigenvalue weighted by atomic mass is 19.4. The third-order valence-electron chi connectivity index (χ3n) is 7.44. The van der Waals surface area contributed by atoms with E-state index in [1.807, 2.05) is 0 Å². The van der Waals surface area contributed by atoms with Gasteiger partial charge in [0.1, 0.15) is 12.6 Å². The summed E-state index contributed by atoms with van der Waals surface area (Å²) in [6, 6.07) is -2.32. The summed E-state index contributed by atoms with van der Waals surface area (Å²) in [6.07, 6.45) is -7.29. The van der Waals surface area contributed by atoms with Gasteiger partial charge in [0, 0.05) is 25.1 Å². The summed E-state index contributed by atoms with van der Waals surface area (Å²) < 4.78 is 84.5. The van der Waals surface area contributed by atoms with Gasteiger partial charge in [0.05, 0.1) is 6.04 Å². The van der Waals surface area contributed by atoms with E-state index in [2.05, 4.69) is 25.1 Å². The Balaban J connectivity index is 1.56. The number of fused-ring (bicyclic) bond motifs is 1. The zero-order valence-corrected chi connectivity index (χ0v) is 20.4. The minimum atomic E-state index is -5.11. The number of ether oxygens (including phenoxy) is 1. The molecule has 2 N–H and O–H groups in total. The molecule has 1 aromatic rings. The van der Waals surface area contributed by atoms with Crippen LogP contribution in [0.1, 0.15) is 54.8 Å². The quantitative estimate of drug-likeness (QED) is 0.461. The van der Waals surface area contributed by atoms with Crippen molar-refractivity contribution in [2.24, 2.45) is 17.8 Å². The lowest BCUT2D eigenvalue weighted by molar-refractivity contribution is -0.321. The van der Waals surface area contributed by atoms with E-state index in [1.54, 1.807) is 0 Å². The second-order valence-corrected chi connectivity index (χ2v) is 9.96. The molecule has 16 heteroatoms. The van der Waals surface area contributed by atoms with Gasteiger partial charge in [0.25, 0.3) is 5.91 Å². The van der Waals surface area contributed by atoms with Crippen molar-refractivity contribution in [1.82, 2.24) is 20.7 Å². The SMILES string of the molecule is O=C1NCC[C@H]1C[C@H](NC(=O)[C@@H]1[C@H]2CCCC[C@H]2CN1C(=O)c1cc(C(F)(F)F)on1)C(=O)COC(F)(F)F.